The van der Waals surface area contributed by atoms with Crippen LogP contribution in [-0.4, -0.2) is 54.7 Å². The van der Waals surface area contributed by atoms with Crippen LogP contribution < -0.4 is 10.6 Å². The van der Waals surface area contributed by atoms with Crippen molar-refractivity contribution in [2.24, 2.45) is 4.99 Å². The van der Waals surface area contributed by atoms with Gasteiger partial charge in [-0.25, -0.2) is 4.39 Å². The Labute approximate surface area is 173 Å². The number of aliphatic hydroxyl groups excluding tert-OH is 1. The third-order valence-electron chi connectivity index (χ3n) is 4.49. The molecule has 0 saturated carbocycles. The van der Waals surface area contributed by atoms with E-state index in [1.807, 2.05) is 6.92 Å². The van der Waals surface area contributed by atoms with E-state index in [-0.39, 0.29) is 36.3 Å². The highest BCUT2D eigenvalue weighted by Crippen LogP contribution is 2.14. The summed E-state index contributed by atoms with van der Waals surface area (Å²) in [6, 6.07) is 6.32. The first-order valence-electron chi connectivity index (χ1n) is 9.33. The number of aliphatic imine (C=N–C) groups is 1. The van der Waals surface area contributed by atoms with Crippen molar-refractivity contribution in [1.29, 1.82) is 0 Å². The van der Waals surface area contributed by atoms with Gasteiger partial charge in [-0.2, -0.15) is 0 Å². The second kappa shape index (κ2) is 12.5. The van der Waals surface area contributed by atoms with Crippen molar-refractivity contribution in [1.82, 2.24) is 15.5 Å². The molecule has 2 rings (SSSR count). The van der Waals surface area contributed by atoms with Gasteiger partial charge in [0.2, 0.25) is 0 Å². The van der Waals surface area contributed by atoms with Crippen LogP contribution in [0.3, 0.4) is 0 Å². The van der Waals surface area contributed by atoms with E-state index in [1.165, 1.54) is 25.1 Å². The normalized spacial score (nSPS) is 17.5. The fourth-order valence-electron chi connectivity index (χ4n) is 3.10. The predicted octanol–water partition coefficient (Wildman–Crippen LogP) is 2.91. The Balaban J connectivity index is 0.00000338. The number of aliphatic hydroxyl groups is 1. The fraction of sp³-hybridized carbons (Fsp3) is 0.632. The van der Waals surface area contributed by atoms with Crippen LogP contribution in [0.4, 0.5) is 4.39 Å². The average Bonchev–Trinajstić information content (AvgIpc) is 2.62. The van der Waals surface area contributed by atoms with Crippen molar-refractivity contribution < 1.29 is 9.50 Å². The number of hydrogen-bond acceptors (Lipinski definition) is 3. The van der Waals surface area contributed by atoms with E-state index in [2.05, 4.69) is 27.4 Å². The number of nitrogens with one attached hydrogen (secondary N) is 2. The van der Waals surface area contributed by atoms with Gasteiger partial charge in [-0.3, -0.25) is 4.99 Å². The highest BCUT2D eigenvalue weighted by molar-refractivity contribution is 14.0. The minimum Gasteiger partial charge on any atom is -0.386 e. The van der Waals surface area contributed by atoms with E-state index in [0.717, 1.165) is 38.4 Å². The molecule has 1 unspecified atom stereocenters. The number of halogens is 2. The van der Waals surface area contributed by atoms with Crippen molar-refractivity contribution in [2.45, 2.75) is 45.3 Å². The van der Waals surface area contributed by atoms with Gasteiger partial charge in [-0.1, -0.05) is 19.1 Å². The topological polar surface area (TPSA) is 59.9 Å². The molecular weight excluding hydrogens is 446 g/mol. The molecule has 7 heteroatoms. The molecule has 1 aliphatic heterocycles. The molecule has 26 heavy (non-hydrogen) atoms. The third-order valence-corrected chi connectivity index (χ3v) is 4.49. The second-order valence-corrected chi connectivity index (χ2v) is 6.55. The summed E-state index contributed by atoms with van der Waals surface area (Å²) in [5.41, 5.74) is 0.675. The van der Waals surface area contributed by atoms with E-state index < -0.39 is 6.10 Å². The first-order valence-corrected chi connectivity index (χ1v) is 9.33. The van der Waals surface area contributed by atoms with Crippen LogP contribution in [0, 0.1) is 5.82 Å². The first kappa shape index (κ1) is 23.1. The quantitative estimate of drug-likeness (QED) is 0.321. The van der Waals surface area contributed by atoms with Crippen LogP contribution in [0.25, 0.3) is 0 Å². The van der Waals surface area contributed by atoms with Gasteiger partial charge in [0.1, 0.15) is 5.82 Å². The van der Waals surface area contributed by atoms with Crippen LogP contribution in [0.1, 0.15) is 44.8 Å². The molecule has 0 amide bonds. The number of guanidine groups is 1. The highest BCUT2D eigenvalue weighted by Gasteiger charge is 2.19. The number of benzene rings is 1. The summed E-state index contributed by atoms with van der Waals surface area (Å²) in [5.74, 6) is 0.432. The molecule has 1 aromatic carbocycles. The van der Waals surface area contributed by atoms with Gasteiger partial charge in [0.25, 0.3) is 0 Å². The number of likely N-dealkylation sites (tertiary alicyclic amines) is 1. The third kappa shape index (κ3) is 7.75. The smallest absolute Gasteiger partial charge is 0.191 e. The number of rotatable bonds is 7. The fourth-order valence-corrected chi connectivity index (χ4v) is 3.10. The minimum atomic E-state index is -0.734. The van der Waals surface area contributed by atoms with Crippen molar-refractivity contribution in [3.63, 3.8) is 0 Å². The van der Waals surface area contributed by atoms with Crippen LogP contribution >= 0.6 is 24.0 Å². The Hall–Kier alpha value is -0.930. The molecular formula is C19H32FIN4O. The molecule has 1 heterocycles. The van der Waals surface area contributed by atoms with Crippen molar-refractivity contribution >= 4 is 29.9 Å². The van der Waals surface area contributed by atoms with Gasteiger partial charge in [0.05, 0.1) is 12.6 Å². The molecule has 5 nitrogen and oxygen atoms in total. The van der Waals surface area contributed by atoms with E-state index in [9.17, 15) is 9.50 Å². The zero-order valence-electron chi connectivity index (χ0n) is 15.7. The van der Waals surface area contributed by atoms with Crippen LogP contribution in [0.5, 0.6) is 0 Å². The second-order valence-electron chi connectivity index (χ2n) is 6.55. The standard InChI is InChI=1S/C19H31FN4O.HI/c1-3-11-24-12-9-17(10-13-24)23-19(21-4-2)22-14-18(25)15-5-7-16(20)8-6-15;/h5-8,17-18,25H,3-4,9-14H2,1-2H3,(H2,21,22,23);1H. The summed E-state index contributed by atoms with van der Waals surface area (Å²) in [7, 11) is 0. The zero-order valence-corrected chi connectivity index (χ0v) is 18.1. The van der Waals surface area contributed by atoms with Gasteiger partial charge < -0.3 is 20.6 Å². The average molecular weight is 478 g/mol. The summed E-state index contributed by atoms with van der Waals surface area (Å²) in [4.78, 5) is 7.00. The first-order chi connectivity index (χ1) is 12.1. The van der Waals surface area contributed by atoms with E-state index in [1.54, 1.807) is 12.1 Å². The Kier molecular flexibility index (Phi) is 11.1. The Morgan fingerprint density at radius 1 is 1.27 bits per heavy atom. The van der Waals surface area contributed by atoms with Crippen LogP contribution in [0.15, 0.2) is 29.3 Å². The molecule has 1 saturated heterocycles. The van der Waals surface area contributed by atoms with Gasteiger partial charge in [0, 0.05) is 25.7 Å². The predicted molar refractivity (Wildman–Crippen MR) is 116 cm³/mol. The lowest BCUT2D eigenvalue weighted by Gasteiger charge is -2.32. The zero-order chi connectivity index (χ0) is 18.1. The number of nitrogens with zero attached hydrogens (tertiary/aromatic N) is 2. The largest absolute Gasteiger partial charge is 0.386 e. The molecule has 1 atom stereocenters. The molecule has 1 fully saturated rings. The lowest BCUT2D eigenvalue weighted by Crippen LogP contribution is -2.48. The Morgan fingerprint density at radius 3 is 2.50 bits per heavy atom. The van der Waals surface area contributed by atoms with Gasteiger partial charge >= 0.3 is 0 Å². The monoisotopic (exact) mass is 478 g/mol. The maximum absolute atomic E-state index is 13.0. The summed E-state index contributed by atoms with van der Waals surface area (Å²) in [6.07, 6.45) is 2.67. The van der Waals surface area contributed by atoms with E-state index in [4.69, 9.17) is 0 Å². The lowest BCUT2D eigenvalue weighted by atomic mass is 10.1. The maximum Gasteiger partial charge on any atom is 0.191 e. The maximum atomic E-state index is 13.0. The SMILES string of the molecule is CCCN1CCC(NC(=NCC(O)c2ccc(F)cc2)NCC)CC1.I. The van der Waals surface area contributed by atoms with Crippen molar-refractivity contribution in [3.8, 4) is 0 Å². The van der Waals surface area contributed by atoms with Gasteiger partial charge in [0.15, 0.2) is 5.96 Å². The van der Waals surface area contributed by atoms with Crippen molar-refractivity contribution in [3.05, 3.63) is 35.6 Å². The molecule has 0 spiro atoms. The van der Waals surface area contributed by atoms with Crippen molar-refractivity contribution in [2.75, 3.05) is 32.7 Å². The van der Waals surface area contributed by atoms with Crippen LogP contribution in [0.2, 0.25) is 0 Å². The van der Waals surface area contributed by atoms with E-state index in [0.29, 0.717) is 11.6 Å². The van der Waals surface area contributed by atoms with Gasteiger partial charge in [-0.05, 0) is 50.4 Å². The molecule has 1 aromatic rings. The molecule has 0 aromatic heterocycles. The molecule has 1 aliphatic rings. The minimum absolute atomic E-state index is 0. The van der Waals surface area contributed by atoms with Crippen LogP contribution in [-0.2, 0) is 0 Å². The summed E-state index contributed by atoms with van der Waals surface area (Å²) < 4.78 is 13.0. The number of hydrogen-bond donors (Lipinski definition) is 3. The lowest BCUT2D eigenvalue weighted by molar-refractivity contribution is 0.186. The molecule has 0 bridgehead atoms. The molecule has 0 aliphatic carbocycles. The highest BCUT2D eigenvalue weighted by atomic mass is 127. The number of piperidine rings is 1. The molecule has 148 valence electrons. The van der Waals surface area contributed by atoms with Gasteiger partial charge in [-0.15, -0.1) is 24.0 Å². The summed E-state index contributed by atoms with van der Waals surface area (Å²) in [5, 5.41) is 16.9. The van der Waals surface area contributed by atoms with E-state index >= 15 is 0 Å². The summed E-state index contributed by atoms with van der Waals surface area (Å²) >= 11 is 0. The molecule has 0 radical (unpaired) electrons. The Morgan fingerprint density at radius 2 is 1.92 bits per heavy atom. The Bertz CT molecular complexity index is 533. The molecule has 3 N–H and O–H groups in total. The summed E-state index contributed by atoms with van der Waals surface area (Å²) in [6.45, 7) is 8.66.